The topological polar surface area (TPSA) is 75.3 Å². The average Bonchev–Trinajstić information content (AvgIpc) is 2.56. The molecule has 0 fully saturated rings. The molecule has 0 spiro atoms. The van der Waals surface area contributed by atoms with Gasteiger partial charge in [0.05, 0.1) is 4.90 Å². The molecule has 0 radical (unpaired) electrons. The standard InChI is InChI=1S/C16H14F2N2O3S/c1-2-9-19-16(21)11-5-3-6-12(10-11)24(22,23)20-15-13(17)7-4-8-14(15)18/h2-8,10,20H,1,9H2,(H,19,21). The van der Waals surface area contributed by atoms with Crippen LogP contribution in [0, 0.1) is 11.6 Å². The number of para-hydroxylation sites is 1. The van der Waals surface area contributed by atoms with E-state index in [0.29, 0.717) is 0 Å². The van der Waals surface area contributed by atoms with Gasteiger partial charge in [0.15, 0.2) is 0 Å². The van der Waals surface area contributed by atoms with Gasteiger partial charge in [-0.15, -0.1) is 6.58 Å². The van der Waals surface area contributed by atoms with Gasteiger partial charge in [-0.05, 0) is 30.3 Å². The number of sulfonamides is 1. The van der Waals surface area contributed by atoms with E-state index >= 15 is 0 Å². The Morgan fingerprint density at radius 2 is 1.75 bits per heavy atom. The van der Waals surface area contributed by atoms with Gasteiger partial charge in [0.25, 0.3) is 15.9 Å². The van der Waals surface area contributed by atoms with E-state index in [1.807, 2.05) is 4.72 Å². The molecule has 126 valence electrons. The lowest BCUT2D eigenvalue weighted by Crippen LogP contribution is -2.23. The first kappa shape index (κ1) is 17.6. The lowest BCUT2D eigenvalue weighted by molar-refractivity contribution is 0.0958. The Hall–Kier alpha value is -2.74. The largest absolute Gasteiger partial charge is 0.349 e. The van der Waals surface area contributed by atoms with Crippen LogP contribution in [0.2, 0.25) is 0 Å². The Bertz CT molecular complexity index is 862. The molecule has 0 saturated heterocycles. The predicted octanol–water partition coefficient (Wildman–Crippen LogP) is 2.68. The average molecular weight is 352 g/mol. The fourth-order valence-electron chi connectivity index (χ4n) is 1.86. The normalized spacial score (nSPS) is 10.9. The fourth-order valence-corrected chi connectivity index (χ4v) is 2.98. The SMILES string of the molecule is C=CCNC(=O)c1cccc(S(=O)(=O)Nc2c(F)cccc2F)c1. The zero-order valence-electron chi connectivity index (χ0n) is 12.4. The zero-order chi connectivity index (χ0) is 17.7. The van der Waals surface area contributed by atoms with Gasteiger partial charge in [0, 0.05) is 12.1 Å². The highest BCUT2D eigenvalue weighted by molar-refractivity contribution is 7.92. The third-order valence-electron chi connectivity index (χ3n) is 3.01. The Morgan fingerprint density at radius 3 is 2.38 bits per heavy atom. The molecular weight excluding hydrogens is 338 g/mol. The second kappa shape index (κ2) is 7.22. The van der Waals surface area contributed by atoms with Crippen LogP contribution in [0.25, 0.3) is 0 Å². The summed E-state index contributed by atoms with van der Waals surface area (Å²) in [6, 6.07) is 8.08. The van der Waals surface area contributed by atoms with Crippen LogP contribution in [0.4, 0.5) is 14.5 Å². The Kier molecular flexibility index (Phi) is 5.30. The summed E-state index contributed by atoms with van der Waals surface area (Å²) in [6.07, 6.45) is 1.47. The third kappa shape index (κ3) is 3.96. The Morgan fingerprint density at radius 1 is 1.12 bits per heavy atom. The molecule has 0 bridgehead atoms. The summed E-state index contributed by atoms with van der Waals surface area (Å²) in [5, 5.41) is 2.50. The first-order valence-electron chi connectivity index (χ1n) is 6.81. The van der Waals surface area contributed by atoms with E-state index in [1.165, 1.54) is 24.3 Å². The van der Waals surface area contributed by atoms with Crippen LogP contribution in [0.15, 0.2) is 60.0 Å². The van der Waals surface area contributed by atoms with E-state index in [4.69, 9.17) is 0 Å². The van der Waals surface area contributed by atoms with E-state index < -0.39 is 33.3 Å². The first-order chi connectivity index (χ1) is 11.3. The molecular formula is C16H14F2N2O3S. The lowest BCUT2D eigenvalue weighted by Gasteiger charge is -2.11. The molecule has 0 saturated carbocycles. The van der Waals surface area contributed by atoms with Crippen molar-refractivity contribution in [3.05, 3.63) is 72.3 Å². The van der Waals surface area contributed by atoms with Crippen molar-refractivity contribution in [3.63, 3.8) is 0 Å². The van der Waals surface area contributed by atoms with Crippen LogP contribution in [0.5, 0.6) is 0 Å². The van der Waals surface area contributed by atoms with Crippen molar-refractivity contribution in [1.29, 1.82) is 0 Å². The molecule has 24 heavy (non-hydrogen) atoms. The van der Waals surface area contributed by atoms with Gasteiger partial charge in [-0.25, -0.2) is 17.2 Å². The molecule has 2 aromatic rings. The third-order valence-corrected chi connectivity index (χ3v) is 4.36. The molecule has 0 unspecified atom stereocenters. The van der Waals surface area contributed by atoms with Crippen LogP contribution in [0.1, 0.15) is 10.4 Å². The van der Waals surface area contributed by atoms with Crippen molar-refractivity contribution < 1.29 is 22.0 Å². The van der Waals surface area contributed by atoms with Crippen molar-refractivity contribution in [2.24, 2.45) is 0 Å². The van der Waals surface area contributed by atoms with Gasteiger partial charge in [-0.3, -0.25) is 9.52 Å². The second-order valence-corrected chi connectivity index (χ2v) is 6.41. The summed E-state index contributed by atoms with van der Waals surface area (Å²) in [5.74, 6) is -2.58. The minimum atomic E-state index is -4.27. The highest BCUT2D eigenvalue weighted by Gasteiger charge is 2.20. The van der Waals surface area contributed by atoms with Crippen LogP contribution in [0.3, 0.4) is 0 Å². The summed E-state index contributed by atoms with van der Waals surface area (Å²) in [4.78, 5) is 11.6. The highest BCUT2D eigenvalue weighted by Crippen LogP contribution is 2.22. The number of benzene rings is 2. The summed E-state index contributed by atoms with van der Waals surface area (Å²) < 4.78 is 53.7. The van der Waals surface area contributed by atoms with Crippen LogP contribution >= 0.6 is 0 Å². The Balaban J connectivity index is 2.33. The van der Waals surface area contributed by atoms with Crippen molar-refractivity contribution in [2.45, 2.75) is 4.90 Å². The summed E-state index contributed by atoms with van der Waals surface area (Å²) in [5.41, 5.74) is -0.687. The zero-order valence-corrected chi connectivity index (χ0v) is 13.2. The van der Waals surface area contributed by atoms with Crippen LogP contribution in [-0.2, 0) is 10.0 Å². The fraction of sp³-hybridized carbons (Fsp3) is 0.0625. The van der Waals surface area contributed by atoms with Gasteiger partial charge in [0.1, 0.15) is 17.3 Å². The molecule has 8 heteroatoms. The van der Waals surface area contributed by atoms with E-state index in [1.54, 1.807) is 0 Å². The maximum absolute atomic E-state index is 13.6. The maximum atomic E-state index is 13.6. The molecule has 0 aliphatic rings. The molecule has 2 aromatic carbocycles. The number of hydrogen-bond donors (Lipinski definition) is 2. The summed E-state index contributed by atoms with van der Waals surface area (Å²) in [7, 11) is -4.27. The van der Waals surface area contributed by atoms with Gasteiger partial charge < -0.3 is 5.32 Å². The van der Waals surface area contributed by atoms with Gasteiger partial charge in [-0.2, -0.15) is 0 Å². The van der Waals surface area contributed by atoms with E-state index in [0.717, 1.165) is 24.3 Å². The van der Waals surface area contributed by atoms with Gasteiger partial charge >= 0.3 is 0 Å². The molecule has 2 N–H and O–H groups in total. The monoisotopic (exact) mass is 352 g/mol. The van der Waals surface area contributed by atoms with E-state index in [9.17, 15) is 22.0 Å². The van der Waals surface area contributed by atoms with Gasteiger partial charge in [-0.1, -0.05) is 18.2 Å². The van der Waals surface area contributed by atoms with E-state index in [-0.39, 0.29) is 17.0 Å². The predicted molar refractivity (Wildman–Crippen MR) is 86.1 cm³/mol. The number of carbonyl (C=O) groups is 1. The molecule has 1 amide bonds. The molecule has 5 nitrogen and oxygen atoms in total. The number of amides is 1. The minimum Gasteiger partial charge on any atom is -0.349 e. The van der Waals surface area contributed by atoms with Crippen molar-refractivity contribution in [3.8, 4) is 0 Å². The summed E-state index contributed by atoms with van der Waals surface area (Å²) >= 11 is 0. The van der Waals surface area contributed by atoms with Crippen LogP contribution in [-0.4, -0.2) is 20.9 Å². The number of anilines is 1. The first-order valence-corrected chi connectivity index (χ1v) is 8.29. The number of carbonyl (C=O) groups excluding carboxylic acids is 1. The molecule has 0 aliphatic carbocycles. The van der Waals surface area contributed by atoms with Gasteiger partial charge in [0.2, 0.25) is 0 Å². The minimum absolute atomic E-state index is 0.0914. The molecule has 2 rings (SSSR count). The quantitative estimate of drug-likeness (QED) is 0.785. The van der Waals surface area contributed by atoms with Crippen molar-refractivity contribution in [1.82, 2.24) is 5.32 Å². The molecule has 0 aromatic heterocycles. The van der Waals surface area contributed by atoms with Crippen molar-refractivity contribution in [2.75, 3.05) is 11.3 Å². The molecule has 0 atom stereocenters. The number of nitrogens with one attached hydrogen (secondary N) is 2. The van der Waals surface area contributed by atoms with Crippen molar-refractivity contribution >= 4 is 21.6 Å². The van der Waals surface area contributed by atoms with E-state index in [2.05, 4.69) is 11.9 Å². The summed E-state index contributed by atoms with van der Waals surface area (Å²) in [6.45, 7) is 3.67. The Labute approximate surface area is 138 Å². The number of hydrogen-bond acceptors (Lipinski definition) is 3. The van der Waals surface area contributed by atoms with Crippen LogP contribution < -0.4 is 10.0 Å². The highest BCUT2D eigenvalue weighted by atomic mass is 32.2. The molecule has 0 aliphatic heterocycles. The number of rotatable bonds is 6. The molecule has 0 heterocycles. The number of halogens is 2. The maximum Gasteiger partial charge on any atom is 0.262 e. The lowest BCUT2D eigenvalue weighted by atomic mass is 10.2. The smallest absolute Gasteiger partial charge is 0.262 e. The second-order valence-electron chi connectivity index (χ2n) is 4.73.